The SMILES string of the molecule is C[C@@]12C[C@@H]1CCC2=O. The predicted octanol–water partition coefficient (Wildman–Crippen LogP) is 1.38. The van der Waals surface area contributed by atoms with Gasteiger partial charge in [0.15, 0.2) is 0 Å². The topological polar surface area (TPSA) is 17.1 Å². The highest BCUT2D eigenvalue weighted by Crippen LogP contribution is 2.60. The first-order valence-corrected chi connectivity index (χ1v) is 3.27. The van der Waals surface area contributed by atoms with Crippen molar-refractivity contribution in [2.45, 2.75) is 26.2 Å². The molecule has 0 saturated heterocycles. The normalized spacial score (nSPS) is 51.6. The van der Waals surface area contributed by atoms with Gasteiger partial charge >= 0.3 is 0 Å². The van der Waals surface area contributed by atoms with Gasteiger partial charge in [-0.25, -0.2) is 0 Å². The molecule has 2 atom stereocenters. The van der Waals surface area contributed by atoms with Gasteiger partial charge in [0, 0.05) is 11.8 Å². The molecule has 2 rings (SSSR count). The van der Waals surface area contributed by atoms with Gasteiger partial charge in [-0.1, -0.05) is 6.92 Å². The molecule has 0 aromatic rings. The summed E-state index contributed by atoms with van der Waals surface area (Å²) in [6.07, 6.45) is 3.22. The Kier molecular flexibility index (Phi) is 0.565. The van der Waals surface area contributed by atoms with Crippen LogP contribution in [0.25, 0.3) is 0 Å². The first-order chi connectivity index (χ1) is 3.73. The van der Waals surface area contributed by atoms with Gasteiger partial charge in [0.25, 0.3) is 0 Å². The zero-order valence-corrected chi connectivity index (χ0v) is 5.11. The average Bonchev–Trinajstić information content (AvgIpc) is 2.31. The number of hydrogen-bond acceptors (Lipinski definition) is 1. The fourth-order valence-corrected chi connectivity index (χ4v) is 1.81. The van der Waals surface area contributed by atoms with E-state index < -0.39 is 0 Å². The summed E-state index contributed by atoms with van der Waals surface area (Å²) in [7, 11) is 0. The van der Waals surface area contributed by atoms with Gasteiger partial charge < -0.3 is 0 Å². The molecule has 0 radical (unpaired) electrons. The van der Waals surface area contributed by atoms with Crippen molar-refractivity contribution in [2.24, 2.45) is 11.3 Å². The minimum absolute atomic E-state index is 0.181. The van der Waals surface area contributed by atoms with Crippen LogP contribution in [0.5, 0.6) is 0 Å². The summed E-state index contributed by atoms with van der Waals surface area (Å²) < 4.78 is 0. The lowest BCUT2D eigenvalue weighted by Crippen LogP contribution is -2.05. The largest absolute Gasteiger partial charge is 0.299 e. The second-order valence-electron chi connectivity index (χ2n) is 3.28. The van der Waals surface area contributed by atoms with Crippen LogP contribution in [0, 0.1) is 11.3 Å². The number of fused-ring (bicyclic) bond motifs is 1. The van der Waals surface area contributed by atoms with Crippen molar-refractivity contribution in [3.63, 3.8) is 0 Å². The molecular formula is C7H10O. The van der Waals surface area contributed by atoms with E-state index in [2.05, 4.69) is 6.92 Å². The third kappa shape index (κ3) is 0.320. The molecule has 0 heterocycles. The van der Waals surface area contributed by atoms with E-state index in [0.29, 0.717) is 5.78 Å². The minimum atomic E-state index is 0.181. The molecule has 2 saturated carbocycles. The number of carbonyl (C=O) groups excluding carboxylic acids is 1. The van der Waals surface area contributed by atoms with Gasteiger partial charge in [-0.05, 0) is 18.8 Å². The Balaban J connectivity index is 2.31. The maximum absolute atomic E-state index is 10.9. The van der Waals surface area contributed by atoms with E-state index in [1.807, 2.05) is 0 Å². The molecule has 0 unspecified atom stereocenters. The number of Topliss-reactive ketones (excluding diaryl/α,β-unsaturated/α-hetero) is 1. The van der Waals surface area contributed by atoms with Gasteiger partial charge in [-0.3, -0.25) is 4.79 Å². The summed E-state index contributed by atoms with van der Waals surface area (Å²) >= 11 is 0. The van der Waals surface area contributed by atoms with Crippen molar-refractivity contribution < 1.29 is 4.79 Å². The van der Waals surface area contributed by atoms with Crippen LogP contribution in [0.4, 0.5) is 0 Å². The van der Waals surface area contributed by atoms with Crippen LogP contribution in [0.3, 0.4) is 0 Å². The molecule has 1 nitrogen and oxygen atoms in total. The standard InChI is InChI=1S/C7H10O/c1-7-4-5(7)2-3-6(7)8/h5H,2-4H2,1H3/t5-,7+/m0/s1. The highest BCUT2D eigenvalue weighted by molar-refractivity contribution is 5.90. The van der Waals surface area contributed by atoms with Crippen molar-refractivity contribution in [1.82, 2.24) is 0 Å². The molecule has 8 heavy (non-hydrogen) atoms. The first-order valence-electron chi connectivity index (χ1n) is 3.27. The number of ketones is 1. The number of rotatable bonds is 0. The van der Waals surface area contributed by atoms with Crippen molar-refractivity contribution in [3.05, 3.63) is 0 Å². The summed E-state index contributed by atoms with van der Waals surface area (Å²) in [6, 6.07) is 0. The van der Waals surface area contributed by atoms with Gasteiger partial charge in [-0.15, -0.1) is 0 Å². The molecule has 0 amide bonds. The molecule has 0 N–H and O–H groups in total. The van der Waals surface area contributed by atoms with Crippen molar-refractivity contribution in [2.75, 3.05) is 0 Å². The quantitative estimate of drug-likeness (QED) is 0.460. The predicted molar refractivity (Wildman–Crippen MR) is 30.5 cm³/mol. The van der Waals surface area contributed by atoms with Crippen LogP contribution >= 0.6 is 0 Å². The highest BCUT2D eigenvalue weighted by atomic mass is 16.1. The molecule has 0 spiro atoms. The van der Waals surface area contributed by atoms with E-state index in [9.17, 15) is 4.79 Å². The third-order valence-corrected chi connectivity index (χ3v) is 2.77. The van der Waals surface area contributed by atoms with E-state index in [1.54, 1.807) is 0 Å². The van der Waals surface area contributed by atoms with E-state index in [1.165, 1.54) is 12.8 Å². The van der Waals surface area contributed by atoms with Crippen molar-refractivity contribution in [1.29, 1.82) is 0 Å². The fraction of sp³-hybridized carbons (Fsp3) is 0.857. The molecule has 2 aliphatic rings. The van der Waals surface area contributed by atoms with E-state index in [4.69, 9.17) is 0 Å². The summed E-state index contributed by atoms with van der Waals surface area (Å²) in [5.74, 6) is 1.30. The van der Waals surface area contributed by atoms with Crippen LogP contribution in [0.2, 0.25) is 0 Å². The van der Waals surface area contributed by atoms with Crippen LogP contribution < -0.4 is 0 Å². The minimum Gasteiger partial charge on any atom is -0.299 e. The van der Waals surface area contributed by atoms with E-state index in [0.717, 1.165) is 12.3 Å². The van der Waals surface area contributed by atoms with Gasteiger partial charge in [0.05, 0.1) is 0 Å². The Hall–Kier alpha value is -0.330. The van der Waals surface area contributed by atoms with Gasteiger partial charge in [-0.2, -0.15) is 0 Å². The van der Waals surface area contributed by atoms with Gasteiger partial charge in [0.2, 0.25) is 0 Å². The Labute approximate surface area is 49.1 Å². The Morgan fingerprint density at radius 3 is 2.62 bits per heavy atom. The second-order valence-corrected chi connectivity index (χ2v) is 3.28. The maximum atomic E-state index is 10.9. The molecule has 0 aromatic heterocycles. The summed E-state index contributed by atoms with van der Waals surface area (Å²) in [4.78, 5) is 10.9. The number of carbonyl (C=O) groups is 1. The third-order valence-electron chi connectivity index (χ3n) is 2.77. The number of hydrogen-bond donors (Lipinski definition) is 0. The molecule has 1 heteroatoms. The molecule has 2 aliphatic carbocycles. The summed E-state index contributed by atoms with van der Waals surface area (Å²) in [6.45, 7) is 2.10. The lowest BCUT2D eigenvalue weighted by molar-refractivity contribution is -0.122. The lowest BCUT2D eigenvalue weighted by Gasteiger charge is -1.96. The first kappa shape index (κ1) is 4.54. The van der Waals surface area contributed by atoms with Crippen LogP contribution in [-0.4, -0.2) is 5.78 Å². The van der Waals surface area contributed by atoms with Gasteiger partial charge in [0.1, 0.15) is 5.78 Å². The summed E-state index contributed by atoms with van der Waals surface area (Å²) in [5.41, 5.74) is 0.181. The molecule has 2 fully saturated rings. The molecule has 0 aliphatic heterocycles. The van der Waals surface area contributed by atoms with Crippen molar-refractivity contribution >= 4 is 5.78 Å². The maximum Gasteiger partial charge on any atom is 0.139 e. The smallest absolute Gasteiger partial charge is 0.139 e. The zero-order valence-electron chi connectivity index (χ0n) is 5.11. The van der Waals surface area contributed by atoms with Crippen molar-refractivity contribution in [3.8, 4) is 0 Å². The molecule has 0 bridgehead atoms. The van der Waals surface area contributed by atoms with E-state index in [-0.39, 0.29) is 5.41 Å². The van der Waals surface area contributed by atoms with E-state index >= 15 is 0 Å². The average molecular weight is 110 g/mol. The Bertz CT molecular complexity index is 148. The lowest BCUT2D eigenvalue weighted by atomic mass is 10.1. The Morgan fingerprint density at radius 1 is 1.75 bits per heavy atom. The fourth-order valence-electron chi connectivity index (χ4n) is 1.81. The summed E-state index contributed by atoms with van der Waals surface area (Å²) in [5, 5.41) is 0. The highest BCUT2D eigenvalue weighted by Gasteiger charge is 2.58. The molecule has 0 aromatic carbocycles. The van der Waals surface area contributed by atoms with Crippen LogP contribution in [0.1, 0.15) is 26.2 Å². The van der Waals surface area contributed by atoms with Crippen LogP contribution in [-0.2, 0) is 4.79 Å². The zero-order chi connectivity index (χ0) is 5.78. The monoisotopic (exact) mass is 110 g/mol. The molecule has 44 valence electrons. The Morgan fingerprint density at radius 2 is 2.50 bits per heavy atom. The molecular weight excluding hydrogens is 100 g/mol. The van der Waals surface area contributed by atoms with Crippen LogP contribution in [0.15, 0.2) is 0 Å². The second kappa shape index (κ2) is 0.996.